The van der Waals surface area contributed by atoms with E-state index in [0.29, 0.717) is 29.9 Å². The molecular weight excluding hydrogens is 544 g/mol. The normalized spacial score (nSPS) is 12.4. The number of ether oxygens (including phenoxy) is 1. The Morgan fingerprint density at radius 1 is 0.950 bits per heavy atom. The molecule has 4 aromatic rings. The van der Waals surface area contributed by atoms with Gasteiger partial charge in [-0.3, -0.25) is 9.59 Å². The van der Waals surface area contributed by atoms with Crippen molar-refractivity contribution in [2.24, 2.45) is 0 Å². The lowest BCUT2D eigenvalue weighted by Gasteiger charge is -2.19. The summed E-state index contributed by atoms with van der Waals surface area (Å²) in [5.41, 5.74) is 3.04. The molecule has 1 aromatic heterocycles. The third-order valence-corrected chi connectivity index (χ3v) is 8.05. The number of anilines is 1. The Labute approximate surface area is 240 Å². The number of hydrogen-bond donors (Lipinski definition) is 3. The Morgan fingerprint density at radius 3 is 2.50 bits per heavy atom. The van der Waals surface area contributed by atoms with Gasteiger partial charge in [0.15, 0.2) is 0 Å². The van der Waals surface area contributed by atoms with E-state index in [2.05, 4.69) is 20.9 Å². The zero-order valence-electron chi connectivity index (χ0n) is 22.2. The molecule has 3 N–H and O–H groups in total. The fourth-order valence-electron chi connectivity index (χ4n) is 3.95. The average molecular weight is 573 g/mol. The van der Waals surface area contributed by atoms with Crippen LogP contribution in [0.4, 0.5) is 10.5 Å². The second kappa shape index (κ2) is 11.5. The molecule has 0 radical (unpaired) electrons. The van der Waals surface area contributed by atoms with Gasteiger partial charge in [0.25, 0.3) is 11.8 Å². The number of alkyl carbamates (subject to hydrolysis) is 1. The standard InChI is InChI=1S/C30H28N4O4S2/c1-30(2,3)38-29(37)33-15-18-8-10-19(11-9-18)28-32-17-21(39-28)16-31-26(35)20-12-13-25-23(14-20)34-27(36)22-6-4-5-7-24(22)40-25/h4-14,17H,15-16H2,1-3H3,(H,31,35)(H,33,37)(H,34,36). The molecule has 5 rings (SSSR count). The molecule has 1 aliphatic rings. The second-order valence-electron chi connectivity index (χ2n) is 10.1. The van der Waals surface area contributed by atoms with Gasteiger partial charge in [0.1, 0.15) is 10.6 Å². The summed E-state index contributed by atoms with van der Waals surface area (Å²) in [6.07, 6.45) is 1.30. The zero-order chi connectivity index (χ0) is 28.3. The lowest BCUT2D eigenvalue weighted by atomic mass is 10.1. The maximum Gasteiger partial charge on any atom is 0.407 e. The molecule has 10 heteroatoms. The Morgan fingerprint density at radius 2 is 1.73 bits per heavy atom. The molecule has 0 unspecified atom stereocenters. The van der Waals surface area contributed by atoms with E-state index >= 15 is 0 Å². The third kappa shape index (κ3) is 6.70. The monoisotopic (exact) mass is 572 g/mol. The van der Waals surface area contributed by atoms with E-state index < -0.39 is 11.7 Å². The zero-order valence-corrected chi connectivity index (χ0v) is 23.9. The number of thiazole rings is 1. The molecule has 3 amide bonds. The van der Waals surface area contributed by atoms with Crippen LogP contribution in [0, 0.1) is 0 Å². The van der Waals surface area contributed by atoms with Gasteiger partial charge < -0.3 is 20.7 Å². The number of rotatable bonds is 6. The first kappa shape index (κ1) is 27.4. The van der Waals surface area contributed by atoms with Gasteiger partial charge in [-0.1, -0.05) is 48.2 Å². The lowest BCUT2D eigenvalue weighted by Crippen LogP contribution is -2.32. The highest BCUT2D eigenvalue weighted by Crippen LogP contribution is 2.39. The summed E-state index contributed by atoms with van der Waals surface area (Å²) in [6.45, 7) is 6.16. The number of nitrogens with one attached hydrogen (secondary N) is 3. The van der Waals surface area contributed by atoms with Gasteiger partial charge in [-0.25, -0.2) is 9.78 Å². The van der Waals surface area contributed by atoms with Gasteiger partial charge >= 0.3 is 6.09 Å². The van der Waals surface area contributed by atoms with E-state index in [9.17, 15) is 14.4 Å². The molecule has 2 heterocycles. The third-order valence-electron chi connectivity index (χ3n) is 5.85. The first-order valence-corrected chi connectivity index (χ1v) is 14.3. The Kier molecular flexibility index (Phi) is 7.90. The van der Waals surface area contributed by atoms with Crippen LogP contribution in [0.2, 0.25) is 0 Å². The number of carbonyl (C=O) groups excluding carboxylic acids is 3. The largest absolute Gasteiger partial charge is 0.444 e. The van der Waals surface area contributed by atoms with Gasteiger partial charge in [0.2, 0.25) is 0 Å². The van der Waals surface area contributed by atoms with Crippen LogP contribution in [0.3, 0.4) is 0 Å². The van der Waals surface area contributed by atoms with Gasteiger partial charge in [0.05, 0.1) is 17.8 Å². The van der Waals surface area contributed by atoms with Crippen molar-refractivity contribution in [1.82, 2.24) is 15.6 Å². The quantitative estimate of drug-likeness (QED) is 0.244. The van der Waals surface area contributed by atoms with Crippen LogP contribution >= 0.6 is 23.1 Å². The van der Waals surface area contributed by atoms with Crippen LogP contribution in [-0.2, 0) is 17.8 Å². The molecule has 204 valence electrons. The summed E-state index contributed by atoms with van der Waals surface area (Å²) in [5.74, 6) is -0.426. The van der Waals surface area contributed by atoms with Crippen LogP contribution in [0.25, 0.3) is 10.6 Å². The smallest absolute Gasteiger partial charge is 0.407 e. The lowest BCUT2D eigenvalue weighted by molar-refractivity contribution is 0.0523. The molecule has 1 aliphatic heterocycles. The van der Waals surface area contributed by atoms with Crippen molar-refractivity contribution in [2.45, 2.75) is 49.3 Å². The summed E-state index contributed by atoms with van der Waals surface area (Å²) < 4.78 is 5.26. The fourth-order valence-corrected chi connectivity index (χ4v) is 5.82. The molecule has 0 saturated heterocycles. The van der Waals surface area contributed by atoms with E-state index in [-0.39, 0.29) is 11.8 Å². The number of nitrogens with zero attached hydrogens (tertiary/aromatic N) is 1. The van der Waals surface area contributed by atoms with Crippen molar-refractivity contribution in [3.63, 3.8) is 0 Å². The summed E-state index contributed by atoms with van der Waals surface area (Å²) >= 11 is 3.00. The van der Waals surface area contributed by atoms with E-state index in [1.807, 2.05) is 69.3 Å². The molecule has 0 atom stereocenters. The van der Waals surface area contributed by atoms with Crippen LogP contribution in [-0.4, -0.2) is 28.5 Å². The molecule has 0 fully saturated rings. The minimum absolute atomic E-state index is 0.191. The summed E-state index contributed by atoms with van der Waals surface area (Å²) in [7, 11) is 0. The highest BCUT2D eigenvalue weighted by atomic mass is 32.2. The van der Waals surface area contributed by atoms with Crippen LogP contribution in [0.15, 0.2) is 82.7 Å². The molecule has 0 saturated carbocycles. The minimum Gasteiger partial charge on any atom is -0.444 e. The second-order valence-corrected chi connectivity index (χ2v) is 12.3. The highest BCUT2D eigenvalue weighted by molar-refractivity contribution is 7.99. The van der Waals surface area contributed by atoms with Gasteiger partial charge in [-0.05, 0) is 56.7 Å². The van der Waals surface area contributed by atoms with Crippen molar-refractivity contribution in [1.29, 1.82) is 0 Å². The van der Waals surface area contributed by atoms with Crippen LogP contribution < -0.4 is 16.0 Å². The minimum atomic E-state index is -0.542. The number of aromatic nitrogens is 1. The average Bonchev–Trinajstić information content (AvgIpc) is 3.34. The Hall–Kier alpha value is -4.15. The van der Waals surface area contributed by atoms with E-state index in [4.69, 9.17) is 4.74 Å². The Balaban J connectivity index is 1.17. The molecule has 3 aromatic carbocycles. The van der Waals surface area contributed by atoms with Crippen molar-refractivity contribution in [3.8, 4) is 10.6 Å². The first-order chi connectivity index (χ1) is 19.1. The Bertz CT molecular complexity index is 1580. The molecule has 0 spiro atoms. The van der Waals surface area contributed by atoms with Gasteiger partial charge in [-0.2, -0.15) is 0 Å². The molecular formula is C30H28N4O4S2. The fraction of sp³-hybridized carbons (Fsp3) is 0.200. The van der Waals surface area contributed by atoms with E-state index in [1.54, 1.807) is 24.4 Å². The first-order valence-electron chi connectivity index (χ1n) is 12.7. The SMILES string of the molecule is CC(C)(C)OC(=O)NCc1ccc(-c2ncc(CNC(=O)c3ccc4c(c3)NC(=O)c3ccccc3S4)s2)cc1. The maximum atomic E-state index is 12.9. The van der Waals surface area contributed by atoms with Crippen molar-refractivity contribution in [2.75, 3.05) is 5.32 Å². The molecule has 0 aliphatic carbocycles. The predicted molar refractivity (Wildman–Crippen MR) is 157 cm³/mol. The van der Waals surface area contributed by atoms with Gasteiger partial charge in [0, 0.05) is 38.5 Å². The van der Waals surface area contributed by atoms with Gasteiger partial charge in [-0.15, -0.1) is 11.3 Å². The van der Waals surface area contributed by atoms with Crippen molar-refractivity contribution < 1.29 is 19.1 Å². The van der Waals surface area contributed by atoms with Crippen LogP contribution in [0.1, 0.15) is 51.9 Å². The number of amides is 3. The summed E-state index contributed by atoms with van der Waals surface area (Å²) in [4.78, 5) is 44.6. The van der Waals surface area contributed by atoms with Crippen LogP contribution in [0.5, 0.6) is 0 Å². The molecule has 0 bridgehead atoms. The molecule has 40 heavy (non-hydrogen) atoms. The van der Waals surface area contributed by atoms with Crippen molar-refractivity contribution in [3.05, 3.63) is 94.5 Å². The summed E-state index contributed by atoms with van der Waals surface area (Å²) in [6, 6.07) is 20.5. The number of hydrogen-bond acceptors (Lipinski definition) is 7. The van der Waals surface area contributed by atoms with Crippen molar-refractivity contribution >= 4 is 46.7 Å². The highest BCUT2D eigenvalue weighted by Gasteiger charge is 2.21. The number of fused-ring (bicyclic) bond motifs is 2. The topological polar surface area (TPSA) is 109 Å². The number of carbonyl (C=O) groups is 3. The van der Waals surface area contributed by atoms with E-state index in [0.717, 1.165) is 30.8 Å². The predicted octanol–water partition coefficient (Wildman–Crippen LogP) is 6.48. The molecule has 8 nitrogen and oxygen atoms in total. The number of benzene rings is 3. The maximum absolute atomic E-state index is 12.9. The van der Waals surface area contributed by atoms with E-state index in [1.165, 1.54) is 23.1 Å². The summed E-state index contributed by atoms with van der Waals surface area (Å²) in [5, 5.41) is 9.45.